The highest BCUT2D eigenvalue weighted by molar-refractivity contribution is 7.15. The Morgan fingerprint density at radius 1 is 1.41 bits per heavy atom. The largest absolute Gasteiger partial charge is 0.293 e. The Morgan fingerprint density at radius 2 is 2.23 bits per heavy atom. The Morgan fingerprint density at radius 3 is 2.95 bits per heavy atom. The van der Waals surface area contributed by atoms with Gasteiger partial charge in [0, 0.05) is 22.4 Å². The number of halogens is 2. The van der Waals surface area contributed by atoms with E-state index in [4.69, 9.17) is 23.2 Å². The Hall–Kier alpha value is -1.63. The highest BCUT2D eigenvalue weighted by Crippen LogP contribution is 2.32. The van der Waals surface area contributed by atoms with Crippen LogP contribution in [0.2, 0.25) is 10.0 Å². The van der Waals surface area contributed by atoms with Crippen molar-refractivity contribution < 1.29 is 4.79 Å². The number of carbonyl (C=O) groups is 1. The van der Waals surface area contributed by atoms with E-state index in [-0.39, 0.29) is 5.91 Å². The van der Waals surface area contributed by atoms with Gasteiger partial charge in [-0.3, -0.25) is 10.1 Å². The number of fused-ring (bicyclic) bond motifs is 1. The van der Waals surface area contributed by atoms with Gasteiger partial charge >= 0.3 is 0 Å². The van der Waals surface area contributed by atoms with E-state index in [0.717, 1.165) is 17.7 Å². The second-order valence-electron chi connectivity index (χ2n) is 4.67. The smallest absolute Gasteiger partial charge is 0.250 e. The zero-order chi connectivity index (χ0) is 15.7. The monoisotopic (exact) mass is 354 g/mol. The summed E-state index contributed by atoms with van der Waals surface area (Å²) in [7, 11) is 0. The lowest BCUT2D eigenvalue weighted by atomic mass is 10.2. The molecule has 114 valence electrons. The zero-order valence-electron chi connectivity index (χ0n) is 11.6. The van der Waals surface area contributed by atoms with E-state index in [1.807, 2.05) is 18.4 Å². The van der Waals surface area contributed by atoms with Gasteiger partial charge in [-0.1, -0.05) is 30.1 Å². The molecule has 3 rings (SSSR count). The molecule has 0 saturated heterocycles. The van der Waals surface area contributed by atoms with Crippen molar-refractivity contribution in [1.29, 1.82) is 0 Å². The number of amides is 1. The number of benzene rings is 1. The number of hydrogen-bond acceptors (Lipinski definition) is 4. The van der Waals surface area contributed by atoms with Gasteiger partial charge in [0.25, 0.3) is 0 Å². The molecule has 2 heterocycles. The van der Waals surface area contributed by atoms with Crippen LogP contribution in [0.1, 0.15) is 19.8 Å². The third-order valence-corrected chi connectivity index (χ3v) is 4.38. The predicted octanol–water partition coefficient (Wildman–Crippen LogP) is 4.50. The van der Waals surface area contributed by atoms with Crippen molar-refractivity contribution >= 4 is 51.4 Å². The Kier molecular flexibility index (Phi) is 4.33. The maximum Gasteiger partial charge on any atom is 0.250 e. The van der Waals surface area contributed by atoms with Crippen molar-refractivity contribution in [2.45, 2.75) is 19.8 Å². The first kappa shape index (κ1) is 15.3. The zero-order valence-corrected chi connectivity index (χ0v) is 14.0. The van der Waals surface area contributed by atoms with E-state index < -0.39 is 0 Å². The molecule has 0 aliphatic rings. The van der Waals surface area contributed by atoms with Crippen molar-refractivity contribution in [1.82, 2.24) is 14.6 Å². The molecule has 0 saturated carbocycles. The standard InChI is InChI=1S/C14H12Cl2N4OS/c1-2-3-12(21)17-13-18-14-20(19-13)11(7-22-14)9-5-4-8(15)6-10(9)16/h4-7H,2-3H2,1H3,(H,17,19,21). The third-order valence-electron chi connectivity index (χ3n) is 3.02. The fourth-order valence-electron chi connectivity index (χ4n) is 2.03. The van der Waals surface area contributed by atoms with Gasteiger partial charge in [-0.2, -0.15) is 4.98 Å². The third kappa shape index (κ3) is 2.95. The molecular weight excluding hydrogens is 343 g/mol. The normalized spacial score (nSPS) is 11.0. The van der Waals surface area contributed by atoms with Crippen LogP contribution in [0.5, 0.6) is 0 Å². The van der Waals surface area contributed by atoms with Gasteiger partial charge in [0.15, 0.2) is 0 Å². The number of thiazole rings is 1. The molecule has 0 radical (unpaired) electrons. The Bertz CT molecular complexity index is 843. The minimum atomic E-state index is -0.0909. The van der Waals surface area contributed by atoms with E-state index in [1.54, 1.807) is 16.6 Å². The van der Waals surface area contributed by atoms with Gasteiger partial charge in [-0.25, -0.2) is 4.52 Å². The van der Waals surface area contributed by atoms with E-state index in [0.29, 0.717) is 27.4 Å². The summed E-state index contributed by atoms with van der Waals surface area (Å²) in [5.41, 5.74) is 1.62. The minimum Gasteiger partial charge on any atom is -0.293 e. The molecule has 0 aliphatic heterocycles. The topological polar surface area (TPSA) is 59.3 Å². The minimum absolute atomic E-state index is 0.0909. The number of nitrogens with one attached hydrogen (secondary N) is 1. The summed E-state index contributed by atoms with van der Waals surface area (Å²) in [6.45, 7) is 1.94. The van der Waals surface area contributed by atoms with E-state index >= 15 is 0 Å². The summed E-state index contributed by atoms with van der Waals surface area (Å²) in [6, 6.07) is 5.29. The highest BCUT2D eigenvalue weighted by atomic mass is 35.5. The first-order valence-electron chi connectivity index (χ1n) is 6.68. The van der Waals surface area contributed by atoms with Crippen LogP contribution in [0.15, 0.2) is 23.6 Å². The van der Waals surface area contributed by atoms with Crippen molar-refractivity contribution in [3.05, 3.63) is 33.6 Å². The van der Waals surface area contributed by atoms with Gasteiger partial charge in [-0.15, -0.1) is 16.4 Å². The summed E-state index contributed by atoms with van der Waals surface area (Å²) >= 11 is 13.6. The molecule has 0 bridgehead atoms. The molecule has 5 nitrogen and oxygen atoms in total. The van der Waals surface area contributed by atoms with Crippen LogP contribution in [-0.2, 0) is 4.79 Å². The number of rotatable bonds is 4. The van der Waals surface area contributed by atoms with Crippen LogP contribution in [-0.4, -0.2) is 20.5 Å². The SMILES string of the molecule is CCCC(=O)Nc1nc2scc(-c3ccc(Cl)cc3Cl)n2n1. The van der Waals surface area contributed by atoms with Crippen LogP contribution >= 0.6 is 34.5 Å². The number of anilines is 1. The first-order chi connectivity index (χ1) is 10.6. The molecule has 0 unspecified atom stereocenters. The highest BCUT2D eigenvalue weighted by Gasteiger charge is 2.15. The Balaban J connectivity index is 1.98. The van der Waals surface area contributed by atoms with Crippen LogP contribution in [0.3, 0.4) is 0 Å². The quantitative estimate of drug-likeness (QED) is 0.749. The Labute approximate surface area is 140 Å². The summed E-state index contributed by atoms with van der Waals surface area (Å²) < 4.78 is 1.67. The van der Waals surface area contributed by atoms with Gasteiger partial charge < -0.3 is 0 Å². The fraction of sp³-hybridized carbons (Fsp3) is 0.214. The van der Waals surface area contributed by atoms with E-state index in [1.165, 1.54) is 11.3 Å². The molecule has 8 heteroatoms. The van der Waals surface area contributed by atoms with Crippen LogP contribution in [0, 0.1) is 0 Å². The maximum absolute atomic E-state index is 11.6. The van der Waals surface area contributed by atoms with Crippen LogP contribution in [0.4, 0.5) is 5.95 Å². The molecule has 3 aromatic rings. The molecule has 1 amide bonds. The number of aromatic nitrogens is 3. The summed E-state index contributed by atoms with van der Waals surface area (Å²) in [5, 5.41) is 10.1. The fourth-order valence-corrected chi connectivity index (χ4v) is 3.36. The second kappa shape index (κ2) is 6.24. The van der Waals surface area contributed by atoms with E-state index in [9.17, 15) is 4.79 Å². The van der Waals surface area contributed by atoms with Gasteiger partial charge in [0.1, 0.15) is 0 Å². The molecule has 0 spiro atoms. The van der Waals surface area contributed by atoms with Gasteiger partial charge in [0.05, 0.1) is 10.7 Å². The molecule has 1 N–H and O–H groups in total. The molecular formula is C14H12Cl2N4OS. The summed E-state index contributed by atoms with van der Waals surface area (Å²) in [5.74, 6) is 0.212. The first-order valence-corrected chi connectivity index (χ1v) is 8.31. The number of carbonyl (C=O) groups excluding carboxylic acids is 1. The molecule has 22 heavy (non-hydrogen) atoms. The molecule has 0 atom stereocenters. The average molecular weight is 355 g/mol. The van der Waals surface area contributed by atoms with Crippen LogP contribution in [0.25, 0.3) is 16.2 Å². The second-order valence-corrected chi connectivity index (χ2v) is 6.35. The van der Waals surface area contributed by atoms with Crippen molar-refractivity contribution in [2.75, 3.05) is 5.32 Å². The van der Waals surface area contributed by atoms with Crippen molar-refractivity contribution in [3.8, 4) is 11.3 Å². The molecule has 0 fully saturated rings. The number of hydrogen-bond donors (Lipinski definition) is 1. The van der Waals surface area contributed by atoms with Crippen LogP contribution < -0.4 is 5.32 Å². The van der Waals surface area contributed by atoms with Crippen molar-refractivity contribution in [3.63, 3.8) is 0 Å². The lowest BCUT2D eigenvalue weighted by Gasteiger charge is -2.02. The number of nitrogens with zero attached hydrogens (tertiary/aromatic N) is 3. The predicted molar refractivity (Wildman–Crippen MR) is 89.9 cm³/mol. The van der Waals surface area contributed by atoms with Gasteiger partial charge in [-0.05, 0) is 24.6 Å². The van der Waals surface area contributed by atoms with E-state index in [2.05, 4.69) is 15.4 Å². The molecule has 0 aliphatic carbocycles. The maximum atomic E-state index is 11.6. The lowest BCUT2D eigenvalue weighted by molar-refractivity contribution is -0.116. The van der Waals surface area contributed by atoms with Crippen molar-refractivity contribution in [2.24, 2.45) is 0 Å². The lowest BCUT2D eigenvalue weighted by Crippen LogP contribution is -2.11. The summed E-state index contributed by atoms with van der Waals surface area (Å²) in [6.07, 6.45) is 1.22. The van der Waals surface area contributed by atoms with Gasteiger partial charge in [0.2, 0.25) is 16.8 Å². The molecule has 1 aromatic carbocycles. The molecule has 2 aromatic heterocycles. The average Bonchev–Trinajstić information content (AvgIpc) is 2.99. The summed E-state index contributed by atoms with van der Waals surface area (Å²) in [4.78, 5) is 16.6.